The second kappa shape index (κ2) is 18.8. The van der Waals surface area contributed by atoms with E-state index in [1.807, 2.05) is 22.7 Å². The second-order valence-corrected chi connectivity index (χ2v) is 30.2. The van der Waals surface area contributed by atoms with E-state index in [0.717, 1.165) is 61.8 Å². The van der Waals surface area contributed by atoms with Crippen molar-refractivity contribution >= 4 is 119 Å². The lowest BCUT2D eigenvalue weighted by molar-refractivity contribution is 0.590. The third kappa shape index (κ3) is 8.09. The molecule has 5 aliphatic rings. The highest BCUT2D eigenvalue weighted by atomic mass is 32.1. The molecule has 8 heterocycles. The molecule has 0 amide bonds. The van der Waals surface area contributed by atoms with E-state index < -0.39 is 5.41 Å². The maximum Gasteiger partial charge on any atom is 0.160 e. The van der Waals surface area contributed by atoms with Crippen LogP contribution in [-0.2, 0) is 27.1 Å². The topological polar surface area (TPSA) is 32.5 Å². The zero-order valence-corrected chi connectivity index (χ0v) is 53.0. The van der Waals surface area contributed by atoms with Crippen molar-refractivity contribution in [3.8, 4) is 11.1 Å². The quantitative estimate of drug-likeness (QED) is 0.172. The molecule has 10 aromatic carbocycles. The highest BCUT2D eigenvalue weighted by molar-refractivity contribution is 7.26. The minimum absolute atomic E-state index is 0.0117. The van der Waals surface area contributed by atoms with Gasteiger partial charge in [0, 0.05) is 85.5 Å². The Labute approximate surface area is 518 Å². The molecule has 426 valence electrons. The first kappa shape index (κ1) is 53.6. The second-order valence-electron chi connectivity index (χ2n) is 28.0. The largest absolute Gasteiger partial charge is 0.454 e. The highest BCUT2D eigenvalue weighted by Gasteiger charge is 2.49. The number of para-hydroxylation sites is 1. The summed E-state index contributed by atoms with van der Waals surface area (Å²) in [4.78, 5) is 10.4. The van der Waals surface area contributed by atoms with E-state index in [0.29, 0.717) is 0 Å². The van der Waals surface area contributed by atoms with Gasteiger partial charge in [-0.1, -0.05) is 191 Å². The van der Waals surface area contributed by atoms with Gasteiger partial charge in [-0.3, -0.25) is 4.90 Å². The van der Waals surface area contributed by atoms with Crippen LogP contribution in [0.1, 0.15) is 126 Å². The fourth-order valence-electron chi connectivity index (χ4n) is 14.5. The van der Waals surface area contributed by atoms with Crippen molar-refractivity contribution in [1.82, 2.24) is 4.98 Å². The van der Waals surface area contributed by atoms with E-state index in [1.165, 1.54) is 96.0 Å². The van der Waals surface area contributed by atoms with Gasteiger partial charge in [0.2, 0.25) is 0 Å². The molecule has 0 saturated heterocycles. The number of thiophene rings is 2. The molecule has 8 bridgehead atoms. The standard InChI is InChI=1S/C81H69N3OS2/c1-77(2,3)48-23-32-54(33-24-48)83(55-34-25-49(26-35-55)78(4,5)6)57-38-40-59-64(45-57)81(51-30-41-69-62(43-51)58-17-13-15-21-68(58)86-69)52-29-39-61-71(44-52)87-70-22-16-19-63(73(61)70)80(10,11)53-31-42-72(82-47-53)84(56-36-27-50(28-37-56)79(7,8)9)66-46-65(81)74(59)75-60-18-12-14-20-67(60)85-76(66)75/h12-47H,1-11H3. The zero-order chi connectivity index (χ0) is 59.7. The summed E-state index contributed by atoms with van der Waals surface area (Å²) < 4.78 is 12.5. The summed E-state index contributed by atoms with van der Waals surface area (Å²) in [5.74, 6) is 0.812. The van der Waals surface area contributed by atoms with Crippen LogP contribution in [0.4, 0.5) is 34.3 Å². The molecular formula is C81H69N3OS2. The number of rotatable bonds is 5. The molecule has 19 rings (SSSR count). The SMILES string of the molecule is CC(C)(C)c1ccc(N(c2ccc(C(C)(C)C)cc2)c2ccc3c(c2)C2(c4ccc5sc6ccccc6c5c4)c4ccc5c(c4)sc4cccc(c45)C(C)(C)c4ccc(nc4)N(c4ccc(C(C)(C)C)cc4)c4cc2c-3c2c4oc3ccccc32)cc1. The number of hydrogen-bond acceptors (Lipinski definition) is 6. The van der Waals surface area contributed by atoms with Crippen molar-refractivity contribution in [3.63, 3.8) is 0 Å². The summed E-state index contributed by atoms with van der Waals surface area (Å²) in [5.41, 5.74) is 19.0. The van der Waals surface area contributed by atoms with Gasteiger partial charge >= 0.3 is 0 Å². The van der Waals surface area contributed by atoms with Crippen LogP contribution in [0.2, 0.25) is 0 Å². The average molecular weight is 1160 g/mol. The molecule has 1 atom stereocenters. The molecule has 0 saturated carbocycles. The summed E-state index contributed by atoms with van der Waals surface area (Å²) in [6, 6.07) is 81.5. The third-order valence-corrected chi connectivity index (χ3v) is 21.6. The van der Waals surface area contributed by atoms with Gasteiger partial charge in [0.1, 0.15) is 11.4 Å². The molecule has 4 nitrogen and oxygen atoms in total. The van der Waals surface area contributed by atoms with Crippen molar-refractivity contribution in [2.24, 2.45) is 0 Å². The van der Waals surface area contributed by atoms with E-state index in [-0.39, 0.29) is 21.7 Å². The number of fused-ring (bicyclic) bond motifs is 9. The Morgan fingerprint density at radius 2 is 1.02 bits per heavy atom. The number of pyridine rings is 1. The maximum absolute atomic E-state index is 7.44. The Hall–Kier alpha value is -8.81. The Bertz CT molecular complexity index is 5060. The number of hydrogen-bond donors (Lipinski definition) is 0. The normalized spacial score (nSPS) is 15.6. The fraction of sp³-hybridized carbons (Fsp3) is 0.198. The minimum Gasteiger partial charge on any atom is -0.454 e. The lowest BCUT2D eigenvalue weighted by Gasteiger charge is -2.36. The van der Waals surface area contributed by atoms with Gasteiger partial charge in [-0.15, -0.1) is 22.7 Å². The Morgan fingerprint density at radius 3 is 1.70 bits per heavy atom. The van der Waals surface area contributed by atoms with Crippen LogP contribution in [0.5, 0.6) is 0 Å². The first-order chi connectivity index (χ1) is 41.7. The van der Waals surface area contributed by atoms with Crippen LogP contribution >= 0.6 is 22.7 Å². The van der Waals surface area contributed by atoms with Crippen LogP contribution in [0.3, 0.4) is 0 Å². The van der Waals surface area contributed by atoms with Crippen LogP contribution in [0.15, 0.2) is 223 Å². The fourth-order valence-corrected chi connectivity index (χ4v) is 16.8. The lowest BCUT2D eigenvalue weighted by Crippen LogP contribution is -2.29. The van der Waals surface area contributed by atoms with Gasteiger partial charge in [0.05, 0.1) is 11.1 Å². The first-order valence-electron chi connectivity index (χ1n) is 30.7. The maximum atomic E-state index is 7.44. The molecule has 4 aliphatic heterocycles. The summed E-state index contributed by atoms with van der Waals surface area (Å²) >= 11 is 3.78. The molecular weight excluding hydrogens is 1100 g/mol. The van der Waals surface area contributed by atoms with Gasteiger partial charge in [0.25, 0.3) is 0 Å². The third-order valence-electron chi connectivity index (χ3n) is 19.3. The van der Waals surface area contributed by atoms with E-state index >= 15 is 0 Å². The molecule has 0 radical (unpaired) electrons. The van der Waals surface area contributed by atoms with Crippen molar-refractivity contribution in [3.05, 3.63) is 269 Å². The van der Waals surface area contributed by atoms with Gasteiger partial charge in [-0.2, -0.15) is 0 Å². The molecule has 1 aliphatic carbocycles. The van der Waals surface area contributed by atoms with Crippen LogP contribution < -0.4 is 9.80 Å². The summed E-state index contributed by atoms with van der Waals surface area (Å²) in [5, 5.41) is 7.27. The van der Waals surface area contributed by atoms with Crippen LogP contribution in [0, 0.1) is 0 Å². The molecule has 0 spiro atoms. The Kier molecular flexibility index (Phi) is 11.6. The number of furan rings is 1. The van der Waals surface area contributed by atoms with E-state index in [2.05, 4.69) is 304 Å². The molecule has 87 heavy (non-hydrogen) atoms. The lowest BCUT2D eigenvalue weighted by atomic mass is 9.67. The minimum atomic E-state index is -0.903. The monoisotopic (exact) mass is 1160 g/mol. The zero-order valence-electron chi connectivity index (χ0n) is 51.4. The number of aromatic nitrogens is 1. The summed E-state index contributed by atoms with van der Waals surface area (Å²) in [6.45, 7) is 25.3. The molecule has 0 fully saturated rings. The number of benzene rings is 10. The molecule has 14 aromatic rings. The Morgan fingerprint density at radius 1 is 0.437 bits per heavy atom. The van der Waals surface area contributed by atoms with Crippen molar-refractivity contribution < 1.29 is 4.42 Å². The molecule has 4 aromatic heterocycles. The molecule has 0 N–H and O–H groups in total. The van der Waals surface area contributed by atoms with Gasteiger partial charge in [0.15, 0.2) is 5.58 Å². The first-order valence-corrected chi connectivity index (χ1v) is 32.3. The summed E-state index contributed by atoms with van der Waals surface area (Å²) in [7, 11) is 0. The van der Waals surface area contributed by atoms with E-state index in [9.17, 15) is 0 Å². The molecule has 1 unspecified atom stereocenters. The van der Waals surface area contributed by atoms with Crippen molar-refractivity contribution in [2.75, 3.05) is 9.80 Å². The Balaban J connectivity index is 1.09. The predicted molar refractivity (Wildman–Crippen MR) is 372 cm³/mol. The smallest absolute Gasteiger partial charge is 0.160 e. The summed E-state index contributed by atoms with van der Waals surface area (Å²) in [6.07, 6.45) is 2.12. The number of nitrogens with zero attached hydrogens (tertiary/aromatic N) is 3. The van der Waals surface area contributed by atoms with Crippen LogP contribution in [0.25, 0.3) is 73.4 Å². The average Bonchev–Trinajstić information content (AvgIpc) is 1.53. The van der Waals surface area contributed by atoms with Gasteiger partial charge in [-0.05, 0) is 175 Å². The number of anilines is 6. The van der Waals surface area contributed by atoms with Crippen molar-refractivity contribution in [2.45, 2.75) is 103 Å². The van der Waals surface area contributed by atoms with Crippen molar-refractivity contribution in [1.29, 1.82) is 0 Å². The van der Waals surface area contributed by atoms with Gasteiger partial charge in [-0.25, -0.2) is 4.98 Å². The van der Waals surface area contributed by atoms with E-state index in [1.54, 1.807) is 0 Å². The van der Waals surface area contributed by atoms with Gasteiger partial charge < -0.3 is 9.32 Å². The van der Waals surface area contributed by atoms with Crippen LogP contribution in [-0.4, -0.2) is 4.98 Å². The van der Waals surface area contributed by atoms with E-state index in [4.69, 9.17) is 9.40 Å². The predicted octanol–water partition coefficient (Wildman–Crippen LogP) is 23.6. The highest BCUT2D eigenvalue weighted by Crippen LogP contribution is 2.63. The molecule has 6 heteroatoms.